The number of nitrogens with one attached hydrogen (secondary N) is 2. The van der Waals surface area contributed by atoms with Crippen molar-refractivity contribution in [1.29, 1.82) is 0 Å². The highest BCUT2D eigenvalue weighted by atomic mass is 16.4. The molecule has 188 valence electrons. The summed E-state index contributed by atoms with van der Waals surface area (Å²) in [5.41, 5.74) is 1.81. The molecule has 2 aliphatic rings. The van der Waals surface area contributed by atoms with Crippen LogP contribution in [0.4, 0.5) is 10.7 Å². The zero-order chi connectivity index (χ0) is 25.6. The van der Waals surface area contributed by atoms with Gasteiger partial charge in [0.05, 0.1) is 11.0 Å². The Morgan fingerprint density at radius 2 is 1.78 bits per heavy atom. The summed E-state index contributed by atoms with van der Waals surface area (Å²) >= 11 is 0. The Balaban J connectivity index is 1.43. The summed E-state index contributed by atoms with van der Waals surface area (Å²) < 4.78 is 0. The van der Waals surface area contributed by atoms with E-state index in [1.54, 1.807) is 42.5 Å². The molecule has 1 fully saturated rings. The first-order chi connectivity index (χ1) is 18.0. The molecule has 0 aliphatic carbocycles. The third-order valence-corrected chi connectivity index (χ3v) is 7.33. The molecule has 0 saturated carbocycles. The van der Waals surface area contributed by atoms with Crippen LogP contribution in [0.15, 0.2) is 72.8 Å². The van der Waals surface area contributed by atoms with Crippen molar-refractivity contribution in [2.75, 3.05) is 18.0 Å². The number of carbonyl (C=O) groups is 2. The number of carbonyl (C=O) groups excluding carboxylic acids is 1. The number of rotatable bonds is 5. The fourth-order valence-electron chi connectivity index (χ4n) is 5.49. The first-order valence-corrected chi connectivity index (χ1v) is 12.4. The van der Waals surface area contributed by atoms with Crippen LogP contribution < -0.4 is 10.2 Å². The summed E-state index contributed by atoms with van der Waals surface area (Å²) in [5, 5.41) is 25.4. The minimum atomic E-state index is -1.70. The zero-order valence-corrected chi connectivity index (χ0v) is 20.1. The lowest BCUT2D eigenvalue weighted by atomic mass is 9.93. The number of aromatic nitrogens is 2. The van der Waals surface area contributed by atoms with Gasteiger partial charge >= 0.3 is 6.09 Å². The van der Waals surface area contributed by atoms with Crippen LogP contribution in [0.25, 0.3) is 11.0 Å². The quantitative estimate of drug-likeness (QED) is 0.334. The summed E-state index contributed by atoms with van der Waals surface area (Å²) in [6.07, 6.45) is 0.331. The Morgan fingerprint density at radius 1 is 1.05 bits per heavy atom. The second-order valence-corrected chi connectivity index (χ2v) is 9.52. The van der Waals surface area contributed by atoms with Crippen LogP contribution in [0.1, 0.15) is 39.9 Å². The molecule has 0 spiro atoms. The lowest BCUT2D eigenvalue weighted by Gasteiger charge is -2.35. The van der Waals surface area contributed by atoms with Crippen molar-refractivity contribution in [3.8, 4) is 0 Å². The van der Waals surface area contributed by atoms with E-state index in [4.69, 9.17) is 0 Å². The van der Waals surface area contributed by atoms with Crippen molar-refractivity contribution >= 4 is 29.0 Å². The summed E-state index contributed by atoms with van der Waals surface area (Å²) in [4.78, 5) is 36.1. The molecule has 3 heterocycles. The van der Waals surface area contributed by atoms with Crippen LogP contribution >= 0.6 is 0 Å². The summed E-state index contributed by atoms with van der Waals surface area (Å²) in [5.74, 6) is -0.00195. The zero-order valence-electron chi connectivity index (χ0n) is 20.1. The number of hydrogen-bond donors (Lipinski definition) is 4. The van der Waals surface area contributed by atoms with Crippen LogP contribution in [0.2, 0.25) is 0 Å². The third kappa shape index (κ3) is 3.83. The number of benzene rings is 3. The number of amides is 2. The van der Waals surface area contributed by atoms with Crippen molar-refractivity contribution in [3.63, 3.8) is 0 Å². The van der Waals surface area contributed by atoms with Crippen LogP contribution in [0, 0.1) is 0 Å². The average Bonchev–Trinajstić information content (AvgIpc) is 3.43. The van der Waals surface area contributed by atoms with Gasteiger partial charge in [-0.25, -0.2) is 14.7 Å². The molecule has 4 aromatic rings. The highest BCUT2D eigenvalue weighted by Crippen LogP contribution is 2.43. The van der Waals surface area contributed by atoms with Gasteiger partial charge in [-0.1, -0.05) is 54.6 Å². The Morgan fingerprint density at radius 3 is 2.54 bits per heavy atom. The van der Waals surface area contributed by atoms with Gasteiger partial charge in [-0.05, 0) is 49.7 Å². The molecule has 0 radical (unpaired) electrons. The number of piperidine rings is 1. The molecular formula is C28H27N5O4. The van der Waals surface area contributed by atoms with Gasteiger partial charge in [0.2, 0.25) is 5.95 Å². The highest BCUT2D eigenvalue weighted by Gasteiger charge is 2.49. The molecule has 1 saturated heterocycles. The Labute approximate surface area is 213 Å². The summed E-state index contributed by atoms with van der Waals surface area (Å²) in [7, 11) is 0. The van der Waals surface area contributed by atoms with E-state index < -0.39 is 11.8 Å². The Hall–Kier alpha value is -4.21. The van der Waals surface area contributed by atoms with E-state index >= 15 is 0 Å². The molecule has 9 nitrogen and oxygen atoms in total. The van der Waals surface area contributed by atoms with Gasteiger partial charge in [-0.3, -0.25) is 9.69 Å². The van der Waals surface area contributed by atoms with Crippen molar-refractivity contribution in [2.24, 2.45) is 0 Å². The predicted molar refractivity (Wildman–Crippen MR) is 138 cm³/mol. The smallest absolute Gasteiger partial charge is 0.414 e. The minimum Gasteiger partial charge on any atom is -0.465 e. The second-order valence-electron chi connectivity index (χ2n) is 9.52. The van der Waals surface area contributed by atoms with Gasteiger partial charge in [0.15, 0.2) is 5.72 Å². The number of hydrogen-bond acceptors (Lipinski definition) is 5. The predicted octanol–water partition coefficient (Wildman–Crippen LogP) is 3.65. The molecule has 6 rings (SSSR count). The van der Waals surface area contributed by atoms with Crippen LogP contribution in [0.3, 0.4) is 0 Å². The van der Waals surface area contributed by atoms with E-state index in [1.807, 2.05) is 30.3 Å². The molecule has 4 N–H and O–H groups in total. The molecular weight excluding hydrogens is 470 g/mol. The number of H-pyrrole nitrogens is 1. The third-order valence-electron chi connectivity index (χ3n) is 7.33. The van der Waals surface area contributed by atoms with Gasteiger partial charge in [-0.2, -0.15) is 0 Å². The van der Waals surface area contributed by atoms with Crippen molar-refractivity contribution in [3.05, 3.63) is 95.1 Å². The molecule has 2 amide bonds. The van der Waals surface area contributed by atoms with Gasteiger partial charge in [0, 0.05) is 29.3 Å². The molecule has 1 atom stereocenters. The average molecular weight is 498 g/mol. The molecule has 2 aliphatic heterocycles. The largest absolute Gasteiger partial charge is 0.465 e. The van der Waals surface area contributed by atoms with E-state index in [2.05, 4.69) is 15.3 Å². The first-order valence-electron chi connectivity index (χ1n) is 12.4. The number of carboxylic acid groups (broad SMARTS) is 1. The Kier molecular flexibility index (Phi) is 5.66. The standard InChI is InChI=1S/C28H27N5O4/c34-25-21-8-4-5-9-22(21)28(37,32(25)17-18-6-2-1-3-7-18)19-10-11-23-24(16-19)31-26(30-23)33(27(35)36)20-12-14-29-15-13-20/h1-11,16,20,29,37H,12-15,17H2,(H,30,31)(H,35,36). The molecule has 9 heteroatoms. The monoisotopic (exact) mass is 497 g/mol. The molecule has 3 aromatic carbocycles. The number of imidazole rings is 1. The number of anilines is 1. The molecule has 37 heavy (non-hydrogen) atoms. The van der Waals surface area contributed by atoms with E-state index in [9.17, 15) is 19.8 Å². The van der Waals surface area contributed by atoms with E-state index in [0.29, 0.717) is 40.6 Å². The van der Waals surface area contributed by atoms with Gasteiger partial charge in [0.25, 0.3) is 5.91 Å². The van der Waals surface area contributed by atoms with Crippen LogP contribution in [-0.4, -0.2) is 56.2 Å². The lowest BCUT2D eigenvalue weighted by Crippen LogP contribution is -2.46. The van der Waals surface area contributed by atoms with Crippen molar-refractivity contribution in [2.45, 2.75) is 31.2 Å². The fraction of sp³-hybridized carbons (Fsp3) is 0.250. The second kappa shape index (κ2) is 9.02. The topological polar surface area (TPSA) is 122 Å². The SMILES string of the molecule is O=C(O)N(c1nc2ccc(C3(O)c4ccccc4C(=O)N3Cc3ccccc3)cc2[nH]1)C1CCNCC1. The molecule has 1 unspecified atom stereocenters. The normalized spacial score (nSPS) is 19.8. The van der Waals surface area contributed by atoms with Crippen molar-refractivity contribution in [1.82, 2.24) is 20.2 Å². The Bertz CT molecular complexity index is 1480. The number of nitrogens with zero attached hydrogens (tertiary/aromatic N) is 3. The maximum absolute atomic E-state index is 13.5. The molecule has 1 aromatic heterocycles. The van der Waals surface area contributed by atoms with Crippen LogP contribution in [0.5, 0.6) is 0 Å². The number of fused-ring (bicyclic) bond motifs is 2. The van der Waals surface area contributed by atoms with E-state index in [1.165, 1.54) is 9.80 Å². The van der Waals surface area contributed by atoms with Gasteiger partial charge < -0.3 is 20.5 Å². The maximum atomic E-state index is 13.5. The highest BCUT2D eigenvalue weighted by molar-refractivity contribution is 6.00. The minimum absolute atomic E-state index is 0.177. The maximum Gasteiger partial charge on any atom is 0.414 e. The van der Waals surface area contributed by atoms with Crippen molar-refractivity contribution < 1.29 is 19.8 Å². The molecule has 0 bridgehead atoms. The fourth-order valence-corrected chi connectivity index (χ4v) is 5.49. The number of aliphatic hydroxyl groups is 1. The summed E-state index contributed by atoms with van der Waals surface area (Å²) in [6, 6.07) is 21.7. The van der Waals surface area contributed by atoms with E-state index in [-0.39, 0.29) is 24.4 Å². The lowest BCUT2D eigenvalue weighted by molar-refractivity contribution is -0.0542. The summed E-state index contributed by atoms with van der Waals surface area (Å²) in [6.45, 7) is 1.71. The first kappa shape index (κ1) is 23.2. The van der Waals surface area contributed by atoms with Gasteiger partial charge in [0.1, 0.15) is 0 Å². The number of aromatic amines is 1. The van der Waals surface area contributed by atoms with E-state index in [0.717, 1.165) is 18.7 Å². The van der Waals surface area contributed by atoms with Crippen LogP contribution in [-0.2, 0) is 12.3 Å². The van der Waals surface area contributed by atoms with Gasteiger partial charge in [-0.15, -0.1) is 0 Å².